The Labute approximate surface area is 57.7 Å². The van der Waals surface area contributed by atoms with Crippen LogP contribution in [0, 0.1) is 11.3 Å². The normalized spacial score (nSPS) is 16.1. The molecule has 0 saturated heterocycles. The molecule has 0 saturated carbocycles. The summed E-state index contributed by atoms with van der Waals surface area (Å²) in [6, 6.07) is 2.00. The molecule has 0 rings (SSSR count). The predicted molar refractivity (Wildman–Crippen MR) is 36.9 cm³/mol. The van der Waals surface area contributed by atoms with E-state index in [9.17, 15) is 4.21 Å². The lowest BCUT2D eigenvalue weighted by Crippen LogP contribution is -2.26. The van der Waals surface area contributed by atoms with Gasteiger partial charge in [0.05, 0.1) is 23.5 Å². The highest BCUT2D eigenvalue weighted by atomic mass is 32.2. The highest BCUT2D eigenvalue weighted by Gasteiger charge is 1.99. The summed E-state index contributed by atoms with van der Waals surface area (Å²) in [4.78, 5) is 0. The molecule has 2 atom stereocenters. The van der Waals surface area contributed by atoms with Crippen LogP contribution in [-0.4, -0.2) is 16.5 Å². The van der Waals surface area contributed by atoms with Crippen LogP contribution in [-0.2, 0) is 11.0 Å². The van der Waals surface area contributed by atoms with Crippen LogP contribution < -0.4 is 4.72 Å². The van der Waals surface area contributed by atoms with E-state index in [2.05, 4.69) is 4.72 Å². The standard InChI is InChI=1S/C5H10N2OS/c1-5(3-4-6)7-9(2)8/h5,7H,3H2,1-2H3. The topological polar surface area (TPSA) is 52.9 Å². The number of hydrogen-bond donors (Lipinski definition) is 1. The van der Waals surface area contributed by atoms with E-state index in [4.69, 9.17) is 5.26 Å². The van der Waals surface area contributed by atoms with Gasteiger partial charge >= 0.3 is 0 Å². The zero-order valence-corrected chi connectivity index (χ0v) is 6.36. The van der Waals surface area contributed by atoms with Crippen LogP contribution in [0.15, 0.2) is 0 Å². The summed E-state index contributed by atoms with van der Waals surface area (Å²) in [5.41, 5.74) is 0. The molecule has 0 amide bonds. The zero-order chi connectivity index (χ0) is 7.28. The van der Waals surface area contributed by atoms with Crippen molar-refractivity contribution in [1.29, 1.82) is 5.26 Å². The van der Waals surface area contributed by atoms with Gasteiger partial charge in [-0.2, -0.15) is 5.26 Å². The van der Waals surface area contributed by atoms with E-state index in [0.717, 1.165) is 0 Å². The number of nitrogens with zero attached hydrogens (tertiary/aromatic N) is 1. The molecule has 2 unspecified atom stereocenters. The molecule has 0 bridgehead atoms. The minimum atomic E-state index is -0.998. The average molecular weight is 146 g/mol. The predicted octanol–water partition coefficient (Wildman–Crippen LogP) is 0.172. The molecule has 4 heteroatoms. The van der Waals surface area contributed by atoms with E-state index in [0.29, 0.717) is 6.42 Å². The SMILES string of the molecule is CC(CC#N)NS(C)=O. The van der Waals surface area contributed by atoms with Gasteiger partial charge in [-0.3, -0.25) is 0 Å². The van der Waals surface area contributed by atoms with E-state index < -0.39 is 11.0 Å². The van der Waals surface area contributed by atoms with Gasteiger partial charge in [-0.05, 0) is 6.92 Å². The first-order valence-electron chi connectivity index (χ1n) is 2.63. The van der Waals surface area contributed by atoms with Gasteiger partial charge in [-0.25, -0.2) is 8.93 Å². The largest absolute Gasteiger partial charge is 0.243 e. The van der Waals surface area contributed by atoms with Crippen LogP contribution >= 0.6 is 0 Å². The van der Waals surface area contributed by atoms with Crippen molar-refractivity contribution in [3.8, 4) is 6.07 Å². The van der Waals surface area contributed by atoms with Gasteiger partial charge in [0.2, 0.25) is 0 Å². The lowest BCUT2D eigenvalue weighted by molar-refractivity contribution is 0.646. The molecule has 0 aromatic rings. The molecule has 0 fully saturated rings. The van der Waals surface area contributed by atoms with Crippen LogP contribution in [0.25, 0.3) is 0 Å². The Morgan fingerprint density at radius 1 is 1.89 bits per heavy atom. The second kappa shape index (κ2) is 4.48. The van der Waals surface area contributed by atoms with Crippen molar-refractivity contribution in [2.24, 2.45) is 0 Å². The van der Waals surface area contributed by atoms with Crippen molar-refractivity contribution in [3.63, 3.8) is 0 Å². The highest BCUT2D eigenvalue weighted by molar-refractivity contribution is 7.82. The average Bonchev–Trinajstić information content (AvgIpc) is 1.63. The van der Waals surface area contributed by atoms with Gasteiger partial charge in [0.1, 0.15) is 0 Å². The molecule has 52 valence electrons. The maximum absolute atomic E-state index is 10.4. The van der Waals surface area contributed by atoms with Crippen molar-refractivity contribution in [2.75, 3.05) is 6.26 Å². The Morgan fingerprint density at radius 3 is 2.78 bits per heavy atom. The molecule has 0 aliphatic heterocycles. The number of hydrogen-bond acceptors (Lipinski definition) is 2. The van der Waals surface area contributed by atoms with Crippen LogP contribution in [0.5, 0.6) is 0 Å². The Kier molecular flexibility index (Phi) is 4.28. The number of nitriles is 1. The monoisotopic (exact) mass is 146 g/mol. The van der Waals surface area contributed by atoms with Gasteiger partial charge < -0.3 is 0 Å². The molecule has 9 heavy (non-hydrogen) atoms. The van der Waals surface area contributed by atoms with Crippen molar-refractivity contribution in [3.05, 3.63) is 0 Å². The highest BCUT2D eigenvalue weighted by Crippen LogP contribution is 1.86. The van der Waals surface area contributed by atoms with E-state index in [1.165, 1.54) is 0 Å². The molecule has 3 nitrogen and oxygen atoms in total. The van der Waals surface area contributed by atoms with Crippen LogP contribution in [0.1, 0.15) is 13.3 Å². The first-order valence-corrected chi connectivity index (χ1v) is 4.19. The molecule has 0 spiro atoms. The Hall–Kier alpha value is -0.400. The fourth-order valence-corrected chi connectivity index (χ4v) is 1.11. The minimum Gasteiger partial charge on any atom is -0.243 e. The Balaban J connectivity index is 3.40. The number of rotatable bonds is 3. The summed E-state index contributed by atoms with van der Waals surface area (Å²) in [6.45, 7) is 1.82. The molecule has 0 heterocycles. The lowest BCUT2D eigenvalue weighted by atomic mass is 10.3. The molecule has 0 aliphatic rings. The molecular weight excluding hydrogens is 136 g/mol. The third-order valence-electron chi connectivity index (χ3n) is 0.765. The van der Waals surface area contributed by atoms with Crippen molar-refractivity contribution in [1.82, 2.24) is 4.72 Å². The second-order valence-electron chi connectivity index (χ2n) is 1.84. The summed E-state index contributed by atoms with van der Waals surface area (Å²) >= 11 is 0. The van der Waals surface area contributed by atoms with Crippen LogP contribution in [0.2, 0.25) is 0 Å². The van der Waals surface area contributed by atoms with E-state index in [1.807, 2.05) is 13.0 Å². The smallest absolute Gasteiger partial charge is 0.0886 e. The molecule has 1 N–H and O–H groups in total. The molecule has 0 aromatic heterocycles. The first kappa shape index (κ1) is 8.60. The zero-order valence-electron chi connectivity index (χ0n) is 5.55. The molecule has 0 aromatic carbocycles. The summed E-state index contributed by atoms with van der Waals surface area (Å²) in [7, 11) is -0.998. The van der Waals surface area contributed by atoms with E-state index in [-0.39, 0.29) is 6.04 Å². The second-order valence-corrected chi connectivity index (χ2v) is 2.98. The van der Waals surface area contributed by atoms with Gasteiger partial charge in [-0.1, -0.05) is 0 Å². The minimum absolute atomic E-state index is 0.0285. The lowest BCUT2D eigenvalue weighted by Gasteiger charge is -2.04. The number of nitrogens with one attached hydrogen (secondary N) is 1. The fourth-order valence-electron chi connectivity index (χ4n) is 0.462. The maximum atomic E-state index is 10.4. The van der Waals surface area contributed by atoms with Gasteiger partial charge in [0.15, 0.2) is 0 Å². The van der Waals surface area contributed by atoms with E-state index in [1.54, 1.807) is 6.26 Å². The molecular formula is C5H10N2OS. The molecule has 0 aliphatic carbocycles. The summed E-state index contributed by atoms with van der Waals surface area (Å²) < 4.78 is 13.1. The summed E-state index contributed by atoms with van der Waals surface area (Å²) in [5, 5.41) is 8.16. The maximum Gasteiger partial charge on any atom is 0.0886 e. The summed E-state index contributed by atoms with van der Waals surface area (Å²) in [6.07, 6.45) is 1.95. The Morgan fingerprint density at radius 2 is 2.44 bits per heavy atom. The van der Waals surface area contributed by atoms with Crippen molar-refractivity contribution >= 4 is 11.0 Å². The quantitative estimate of drug-likeness (QED) is 0.617. The van der Waals surface area contributed by atoms with Crippen molar-refractivity contribution in [2.45, 2.75) is 19.4 Å². The van der Waals surface area contributed by atoms with Gasteiger partial charge in [0.25, 0.3) is 0 Å². The third kappa shape index (κ3) is 5.47. The van der Waals surface area contributed by atoms with Crippen LogP contribution in [0.3, 0.4) is 0 Å². The third-order valence-corrected chi connectivity index (χ3v) is 1.50. The first-order chi connectivity index (χ1) is 4.16. The summed E-state index contributed by atoms with van der Waals surface area (Å²) in [5.74, 6) is 0. The van der Waals surface area contributed by atoms with E-state index >= 15 is 0 Å². The van der Waals surface area contributed by atoms with Gasteiger partial charge in [-0.15, -0.1) is 0 Å². The fraction of sp³-hybridized carbons (Fsp3) is 0.800. The Bertz CT molecular complexity index is 140. The van der Waals surface area contributed by atoms with Crippen LogP contribution in [0.4, 0.5) is 0 Å². The van der Waals surface area contributed by atoms with Crippen molar-refractivity contribution < 1.29 is 4.21 Å². The van der Waals surface area contributed by atoms with Gasteiger partial charge in [0, 0.05) is 12.3 Å². The molecule has 0 radical (unpaired) electrons.